The molecule has 1 aliphatic heterocycles. The molecule has 5 atom stereocenters. The average molecular weight is 478 g/mol. The minimum Gasteiger partial charge on any atom is -0.508 e. The topological polar surface area (TPSA) is 200 Å². The van der Waals surface area contributed by atoms with Gasteiger partial charge in [0.1, 0.15) is 46.9 Å². The molecule has 0 unspecified atom stereocenters. The Hall–Kier alpha value is -3.55. The number of phenols is 3. The van der Waals surface area contributed by atoms with Crippen molar-refractivity contribution < 1.29 is 54.4 Å². The number of ether oxygens (including phenoxy) is 3. The fourth-order valence-corrected chi connectivity index (χ4v) is 3.67. The van der Waals surface area contributed by atoms with Crippen LogP contribution in [0.25, 0.3) is 22.3 Å². The number of aromatic hydroxyl groups is 3. The number of phenolic OH excluding ortho intramolecular Hbond substituents is 3. The van der Waals surface area contributed by atoms with Crippen molar-refractivity contribution in [3.8, 4) is 40.1 Å². The molecule has 1 aliphatic rings. The van der Waals surface area contributed by atoms with E-state index in [1.807, 2.05) is 0 Å². The summed E-state index contributed by atoms with van der Waals surface area (Å²) in [4.78, 5) is 13.3. The van der Waals surface area contributed by atoms with Gasteiger partial charge in [-0.15, -0.1) is 0 Å². The average Bonchev–Trinajstić information content (AvgIpc) is 2.80. The normalized spacial score (nSPS) is 24.8. The summed E-state index contributed by atoms with van der Waals surface area (Å²) in [5, 5.41) is 69.4. The lowest BCUT2D eigenvalue weighted by Crippen LogP contribution is -2.60. The van der Waals surface area contributed by atoms with Crippen LogP contribution in [0.4, 0.5) is 0 Å². The smallest absolute Gasteiger partial charge is 0.239 e. The number of benzene rings is 2. The van der Waals surface area contributed by atoms with Gasteiger partial charge in [0.2, 0.25) is 17.5 Å². The number of methoxy groups -OCH3 is 1. The van der Waals surface area contributed by atoms with Gasteiger partial charge in [-0.25, -0.2) is 0 Å². The number of fused-ring (bicyclic) bond motifs is 1. The molecule has 1 saturated heterocycles. The third kappa shape index (κ3) is 3.97. The minimum atomic E-state index is -1.83. The van der Waals surface area contributed by atoms with Gasteiger partial charge in [-0.3, -0.25) is 4.79 Å². The van der Waals surface area contributed by atoms with E-state index < -0.39 is 54.2 Å². The van der Waals surface area contributed by atoms with Crippen LogP contribution in [0, 0.1) is 0 Å². The Morgan fingerprint density at radius 1 is 0.971 bits per heavy atom. The fraction of sp³-hybridized carbons (Fsp3) is 0.318. The highest BCUT2D eigenvalue weighted by molar-refractivity contribution is 5.88. The first kappa shape index (κ1) is 23.6. The number of hydrogen-bond donors (Lipinski definition) is 7. The molecule has 0 spiro atoms. The van der Waals surface area contributed by atoms with Gasteiger partial charge in [0.25, 0.3) is 0 Å². The van der Waals surface area contributed by atoms with Crippen molar-refractivity contribution >= 4 is 11.0 Å². The molecule has 0 aliphatic carbocycles. The molecule has 12 nitrogen and oxygen atoms in total. The first-order valence-electron chi connectivity index (χ1n) is 10.0. The zero-order valence-electron chi connectivity index (χ0n) is 17.7. The first-order valence-corrected chi connectivity index (χ1v) is 10.0. The van der Waals surface area contributed by atoms with Gasteiger partial charge in [-0.1, -0.05) is 0 Å². The van der Waals surface area contributed by atoms with E-state index in [4.69, 9.17) is 18.6 Å². The van der Waals surface area contributed by atoms with Crippen LogP contribution in [0.15, 0.2) is 39.5 Å². The van der Waals surface area contributed by atoms with E-state index >= 15 is 0 Å². The van der Waals surface area contributed by atoms with E-state index in [9.17, 15) is 40.5 Å². The summed E-state index contributed by atoms with van der Waals surface area (Å²) in [6.45, 7) is -0.723. The molecule has 182 valence electrons. The summed E-state index contributed by atoms with van der Waals surface area (Å²) in [6, 6.07) is 5.96. The van der Waals surface area contributed by atoms with E-state index in [-0.39, 0.29) is 39.5 Å². The summed E-state index contributed by atoms with van der Waals surface area (Å²) >= 11 is 0. The summed E-state index contributed by atoms with van der Waals surface area (Å²) < 4.78 is 21.8. The monoisotopic (exact) mass is 478 g/mol. The molecule has 1 aromatic heterocycles. The fourth-order valence-electron chi connectivity index (χ4n) is 3.67. The Bertz CT molecular complexity index is 1270. The van der Waals surface area contributed by atoms with Gasteiger partial charge < -0.3 is 54.4 Å². The SMILES string of the molecule is COc1cc(-c2oc3cc(O)cc(O)c3c(=O)c2O[C@H]2O[C@H](CO)[C@H](O)[C@@H](O)[C@H]2O)ccc1O. The summed E-state index contributed by atoms with van der Waals surface area (Å²) in [5.74, 6) is -2.00. The molecule has 4 rings (SSSR count). The van der Waals surface area contributed by atoms with E-state index in [2.05, 4.69) is 0 Å². The first-order chi connectivity index (χ1) is 16.2. The predicted octanol–water partition coefficient (Wildman–Crippen LogP) is -0.236. The largest absolute Gasteiger partial charge is 0.508 e. The Kier molecular flexibility index (Phi) is 6.25. The van der Waals surface area contributed by atoms with Crippen molar-refractivity contribution in [3.05, 3.63) is 40.6 Å². The second-order valence-electron chi connectivity index (χ2n) is 7.63. The summed E-state index contributed by atoms with van der Waals surface area (Å²) in [5.41, 5.74) is -0.959. The highest BCUT2D eigenvalue weighted by atomic mass is 16.7. The van der Waals surface area contributed by atoms with Gasteiger partial charge in [0.05, 0.1) is 13.7 Å². The van der Waals surface area contributed by atoms with Crippen molar-refractivity contribution in [1.29, 1.82) is 0 Å². The molecule has 7 N–H and O–H groups in total. The van der Waals surface area contributed by atoms with Crippen LogP contribution in [0.5, 0.6) is 28.7 Å². The number of aliphatic hydroxyl groups excluding tert-OH is 4. The van der Waals surface area contributed by atoms with Crippen LogP contribution in [0.3, 0.4) is 0 Å². The van der Waals surface area contributed by atoms with Crippen molar-refractivity contribution in [1.82, 2.24) is 0 Å². The van der Waals surface area contributed by atoms with E-state index in [1.165, 1.54) is 25.3 Å². The molecule has 1 fully saturated rings. The van der Waals surface area contributed by atoms with Gasteiger partial charge in [-0.2, -0.15) is 0 Å². The molecule has 34 heavy (non-hydrogen) atoms. The number of rotatable bonds is 5. The van der Waals surface area contributed by atoms with Crippen LogP contribution in [-0.4, -0.2) is 80.2 Å². The van der Waals surface area contributed by atoms with Gasteiger partial charge in [0, 0.05) is 17.7 Å². The third-order valence-electron chi connectivity index (χ3n) is 5.44. The summed E-state index contributed by atoms with van der Waals surface area (Å²) in [7, 11) is 1.30. The Morgan fingerprint density at radius 3 is 2.38 bits per heavy atom. The molecule has 0 bridgehead atoms. The van der Waals surface area contributed by atoms with Crippen LogP contribution < -0.4 is 14.9 Å². The lowest BCUT2D eigenvalue weighted by molar-refractivity contribution is -0.277. The van der Waals surface area contributed by atoms with Crippen LogP contribution in [0.1, 0.15) is 0 Å². The Balaban J connectivity index is 1.92. The highest BCUT2D eigenvalue weighted by Crippen LogP contribution is 2.39. The van der Waals surface area contributed by atoms with Gasteiger partial charge >= 0.3 is 0 Å². The van der Waals surface area contributed by atoms with Crippen LogP contribution in [0.2, 0.25) is 0 Å². The molecule has 3 aromatic rings. The third-order valence-corrected chi connectivity index (χ3v) is 5.44. The van der Waals surface area contributed by atoms with E-state index in [0.717, 1.165) is 12.1 Å². The summed E-state index contributed by atoms with van der Waals surface area (Å²) in [6.07, 6.45) is -8.29. The molecule has 0 amide bonds. The van der Waals surface area contributed by atoms with Crippen LogP contribution in [-0.2, 0) is 4.74 Å². The van der Waals surface area contributed by atoms with Crippen molar-refractivity contribution in [2.24, 2.45) is 0 Å². The van der Waals surface area contributed by atoms with E-state index in [0.29, 0.717) is 0 Å². The molecule has 12 heteroatoms. The zero-order valence-corrected chi connectivity index (χ0v) is 17.7. The van der Waals surface area contributed by atoms with Crippen molar-refractivity contribution in [3.63, 3.8) is 0 Å². The highest BCUT2D eigenvalue weighted by Gasteiger charge is 2.45. The predicted molar refractivity (Wildman–Crippen MR) is 114 cm³/mol. The van der Waals surface area contributed by atoms with Crippen molar-refractivity contribution in [2.45, 2.75) is 30.7 Å². The molecule has 2 aromatic carbocycles. The molecular formula is C22H22O12. The Morgan fingerprint density at radius 2 is 1.71 bits per heavy atom. The maximum absolute atomic E-state index is 13.3. The quantitative estimate of drug-likeness (QED) is 0.254. The lowest BCUT2D eigenvalue weighted by Gasteiger charge is -2.39. The zero-order chi connectivity index (χ0) is 24.7. The Labute approximate surface area is 191 Å². The second kappa shape index (κ2) is 9.00. The lowest BCUT2D eigenvalue weighted by atomic mass is 9.99. The van der Waals surface area contributed by atoms with Crippen LogP contribution >= 0.6 is 0 Å². The minimum absolute atomic E-state index is 0.0257. The number of aliphatic hydroxyl groups is 4. The maximum Gasteiger partial charge on any atom is 0.239 e. The molecule has 0 saturated carbocycles. The van der Waals surface area contributed by atoms with Gasteiger partial charge in [-0.05, 0) is 18.2 Å². The van der Waals surface area contributed by atoms with Gasteiger partial charge in [0.15, 0.2) is 17.3 Å². The molecule has 2 heterocycles. The second-order valence-corrected chi connectivity index (χ2v) is 7.63. The van der Waals surface area contributed by atoms with Crippen molar-refractivity contribution in [2.75, 3.05) is 13.7 Å². The molecule has 0 radical (unpaired) electrons. The number of hydrogen-bond acceptors (Lipinski definition) is 12. The molecular weight excluding hydrogens is 456 g/mol. The maximum atomic E-state index is 13.3. The van der Waals surface area contributed by atoms with E-state index in [1.54, 1.807) is 0 Å². The standard InChI is InChI=1S/C22H22O12/c1-31-12-4-8(2-3-10(12)25)20-21(17(28)15-11(26)5-9(24)6-13(15)32-20)34-22-19(30)18(29)16(27)14(7-23)33-22/h2-6,14,16,18-19,22-27,29-30H,7H2,1H3/t14-,16+,18-,19-,22-/m1/s1.